The van der Waals surface area contributed by atoms with Gasteiger partial charge in [0.1, 0.15) is 30.8 Å². The number of aromatic amines is 1. The first kappa shape index (κ1) is 29.5. The number of amides is 4. The van der Waals surface area contributed by atoms with E-state index >= 15 is 0 Å². The summed E-state index contributed by atoms with van der Waals surface area (Å²) < 4.78 is 10.3. The number of carbonyl (C=O) groups is 4. The second-order valence-corrected chi connectivity index (χ2v) is 9.50. The third kappa shape index (κ3) is 8.27. The number of aromatic nitrogens is 2. The number of rotatable bonds is 11. The minimum Gasteiger partial charge on any atom is -0.445 e. The van der Waals surface area contributed by atoms with Gasteiger partial charge in [-0.25, -0.2) is 14.6 Å². The average molecular weight is 575 g/mol. The molecule has 5 N–H and O–H groups in total. The number of aryl methyl sites for hydroxylation is 1. The second-order valence-electron chi connectivity index (χ2n) is 9.50. The summed E-state index contributed by atoms with van der Waals surface area (Å²) in [6, 6.07) is 13.2. The molecule has 0 bridgehead atoms. The summed E-state index contributed by atoms with van der Waals surface area (Å²) in [7, 11) is 0. The molecule has 0 saturated heterocycles. The molecule has 0 fully saturated rings. The molecule has 2 aromatic carbocycles. The highest BCUT2D eigenvalue weighted by Crippen LogP contribution is 2.21. The van der Waals surface area contributed by atoms with E-state index in [9.17, 15) is 24.0 Å². The van der Waals surface area contributed by atoms with Gasteiger partial charge in [0.15, 0.2) is 0 Å². The lowest BCUT2D eigenvalue weighted by Crippen LogP contribution is -2.53. The molecule has 4 rings (SSSR count). The molecule has 0 saturated carbocycles. The quantitative estimate of drug-likeness (QED) is 0.168. The zero-order chi connectivity index (χ0) is 30.1. The summed E-state index contributed by atoms with van der Waals surface area (Å²) in [5.41, 5.74) is 2.27. The van der Waals surface area contributed by atoms with Crippen molar-refractivity contribution in [3.63, 3.8) is 0 Å². The van der Waals surface area contributed by atoms with Crippen molar-refractivity contribution in [1.82, 2.24) is 25.9 Å². The minimum atomic E-state index is -1.05. The van der Waals surface area contributed by atoms with E-state index in [1.54, 1.807) is 31.2 Å². The van der Waals surface area contributed by atoms with Gasteiger partial charge in [-0.05, 0) is 37.1 Å². The topological polar surface area (TPSA) is 185 Å². The zero-order valence-corrected chi connectivity index (χ0v) is 22.9. The van der Waals surface area contributed by atoms with E-state index in [1.165, 1.54) is 31.6 Å². The summed E-state index contributed by atoms with van der Waals surface area (Å²) in [6.07, 6.45) is 2.26. The van der Waals surface area contributed by atoms with Gasteiger partial charge >= 0.3 is 11.7 Å². The lowest BCUT2D eigenvalue weighted by atomic mass is 10.1. The molecule has 0 aliphatic carbocycles. The molecule has 218 valence electrons. The lowest BCUT2D eigenvalue weighted by Gasteiger charge is -2.21. The van der Waals surface area contributed by atoms with Crippen molar-refractivity contribution < 1.29 is 28.3 Å². The van der Waals surface area contributed by atoms with Gasteiger partial charge in [-0.2, -0.15) is 0 Å². The van der Waals surface area contributed by atoms with Gasteiger partial charge in [-0.1, -0.05) is 30.3 Å². The minimum absolute atomic E-state index is 0.0418. The first-order chi connectivity index (χ1) is 20.2. The Bertz CT molecular complexity index is 1620. The summed E-state index contributed by atoms with van der Waals surface area (Å²) in [5, 5.41) is 10.9. The first-order valence-corrected chi connectivity index (χ1v) is 13.0. The Kier molecular flexibility index (Phi) is 9.66. The van der Waals surface area contributed by atoms with Crippen LogP contribution in [0.15, 0.2) is 76.3 Å². The van der Waals surface area contributed by atoms with Crippen molar-refractivity contribution in [3.05, 3.63) is 94.4 Å². The third-order valence-electron chi connectivity index (χ3n) is 6.21. The highest BCUT2D eigenvalue weighted by Gasteiger charge is 2.25. The molecular weight excluding hydrogens is 544 g/mol. The Labute approximate surface area is 240 Å². The smallest absolute Gasteiger partial charge is 0.407 e. The number of hydrogen-bond acceptors (Lipinski definition) is 8. The molecule has 4 amide bonds. The van der Waals surface area contributed by atoms with E-state index in [0.717, 1.165) is 16.5 Å². The largest absolute Gasteiger partial charge is 0.445 e. The van der Waals surface area contributed by atoms with E-state index in [0.29, 0.717) is 17.0 Å². The van der Waals surface area contributed by atoms with E-state index in [4.69, 9.17) is 9.15 Å². The SMILES string of the molecule is Cc1cc(=O)oc2cc(NC(=O)[C@H](Cc3cnc[nH]3)NC(=O)[C@H](C)NC(=O)CNC(=O)OCc3ccccc3)ccc12. The predicted molar refractivity (Wildman–Crippen MR) is 152 cm³/mol. The fraction of sp³-hybridized carbons (Fsp3) is 0.241. The Hall–Kier alpha value is -5.46. The Balaban J connectivity index is 1.33. The molecule has 13 heteroatoms. The van der Waals surface area contributed by atoms with Crippen molar-refractivity contribution in [3.8, 4) is 0 Å². The monoisotopic (exact) mass is 574 g/mol. The number of carbonyl (C=O) groups excluding carboxylic acids is 4. The van der Waals surface area contributed by atoms with Crippen molar-refractivity contribution >= 4 is 40.5 Å². The van der Waals surface area contributed by atoms with Gasteiger partial charge in [-0.15, -0.1) is 0 Å². The fourth-order valence-corrected chi connectivity index (χ4v) is 4.04. The van der Waals surface area contributed by atoms with Gasteiger partial charge in [0.2, 0.25) is 17.7 Å². The van der Waals surface area contributed by atoms with Crippen molar-refractivity contribution in [1.29, 1.82) is 0 Å². The molecule has 0 aliphatic rings. The Morgan fingerprint density at radius 3 is 2.55 bits per heavy atom. The van der Waals surface area contributed by atoms with Crippen molar-refractivity contribution in [2.45, 2.75) is 39.0 Å². The summed E-state index contributed by atoms with van der Waals surface area (Å²) in [4.78, 5) is 69.0. The molecule has 2 atom stereocenters. The van der Waals surface area contributed by atoms with Gasteiger partial charge < -0.3 is 35.4 Å². The maximum atomic E-state index is 13.2. The average Bonchev–Trinajstić information content (AvgIpc) is 3.48. The molecule has 0 unspecified atom stereocenters. The van der Waals surface area contributed by atoms with Crippen LogP contribution in [-0.4, -0.2) is 52.4 Å². The molecule has 2 heterocycles. The van der Waals surface area contributed by atoms with E-state index in [2.05, 4.69) is 31.2 Å². The molecule has 0 aliphatic heterocycles. The van der Waals surface area contributed by atoms with Gasteiger partial charge in [-0.3, -0.25) is 14.4 Å². The van der Waals surface area contributed by atoms with E-state index in [1.807, 2.05) is 18.2 Å². The normalized spacial score (nSPS) is 12.1. The number of H-pyrrole nitrogens is 1. The van der Waals surface area contributed by atoms with Crippen LogP contribution < -0.4 is 26.9 Å². The van der Waals surface area contributed by atoms with Gasteiger partial charge in [0.05, 0.1) is 6.33 Å². The summed E-state index contributed by atoms with van der Waals surface area (Å²) >= 11 is 0. The van der Waals surface area contributed by atoms with Crippen LogP contribution in [0.5, 0.6) is 0 Å². The lowest BCUT2D eigenvalue weighted by molar-refractivity contribution is -0.130. The highest BCUT2D eigenvalue weighted by atomic mass is 16.5. The molecule has 0 spiro atoms. The van der Waals surface area contributed by atoms with Crippen LogP contribution in [0.2, 0.25) is 0 Å². The van der Waals surface area contributed by atoms with Crippen LogP contribution in [0.3, 0.4) is 0 Å². The third-order valence-corrected chi connectivity index (χ3v) is 6.21. The summed E-state index contributed by atoms with van der Waals surface area (Å²) in [5.74, 6) is -1.81. The molecular formula is C29H30N6O7. The summed E-state index contributed by atoms with van der Waals surface area (Å²) in [6.45, 7) is 2.85. The Morgan fingerprint density at radius 1 is 1.02 bits per heavy atom. The number of alkyl carbamates (subject to hydrolysis) is 1. The Morgan fingerprint density at radius 2 is 1.81 bits per heavy atom. The first-order valence-electron chi connectivity index (χ1n) is 13.0. The molecule has 13 nitrogen and oxygen atoms in total. The van der Waals surface area contributed by atoms with Crippen LogP contribution in [0, 0.1) is 6.92 Å². The zero-order valence-electron chi connectivity index (χ0n) is 22.9. The van der Waals surface area contributed by atoms with Gasteiger partial charge in [0.25, 0.3) is 0 Å². The highest BCUT2D eigenvalue weighted by molar-refractivity contribution is 5.99. The fourth-order valence-electron chi connectivity index (χ4n) is 4.04. The molecule has 42 heavy (non-hydrogen) atoms. The van der Waals surface area contributed by atoms with Crippen LogP contribution >= 0.6 is 0 Å². The van der Waals surface area contributed by atoms with E-state index < -0.39 is 48.1 Å². The van der Waals surface area contributed by atoms with Crippen LogP contribution in [-0.2, 0) is 32.1 Å². The number of nitrogens with one attached hydrogen (secondary N) is 5. The van der Waals surface area contributed by atoms with Crippen LogP contribution in [0.1, 0.15) is 23.7 Å². The molecule has 4 aromatic rings. The number of benzene rings is 2. The van der Waals surface area contributed by atoms with Crippen molar-refractivity contribution in [2.24, 2.45) is 0 Å². The second kappa shape index (κ2) is 13.7. The standard InChI is InChI=1S/C29H30N6O7/c1-17-10-26(37)42-24-12-20(8-9-22(17)24)34-28(39)23(11-21-13-30-16-32-21)35-27(38)18(2)33-25(36)14-31-29(40)41-15-19-6-4-3-5-7-19/h3-10,12-13,16,18,23H,11,14-15H2,1-2H3,(H,30,32)(H,31,40)(H,33,36)(H,34,39)(H,35,38)/t18-,23-/m0/s1. The van der Waals surface area contributed by atoms with E-state index in [-0.39, 0.29) is 13.0 Å². The molecule has 2 aromatic heterocycles. The van der Waals surface area contributed by atoms with Gasteiger partial charge in [0, 0.05) is 41.5 Å². The number of hydrogen-bond donors (Lipinski definition) is 5. The maximum Gasteiger partial charge on any atom is 0.407 e. The van der Waals surface area contributed by atoms with Crippen LogP contribution in [0.25, 0.3) is 11.0 Å². The number of nitrogens with zero attached hydrogens (tertiary/aromatic N) is 1. The maximum absolute atomic E-state index is 13.2. The number of fused-ring (bicyclic) bond motifs is 1. The molecule has 0 radical (unpaired) electrons. The van der Waals surface area contributed by atoms with Crippen molar-refractivity contribution in [2.75, 3.05) is 11.9 Å². The number of anilines is 1. The number of ether oxygens (including phenoxy) is 1. The van der Waals surface area contributed by atoms with Crippen LogP contribution in [0.4, 0.5) is 10.5 Å². The predicted octanol–water partition coefficient (Wildman–Crippen LogP) is 1.92. The number of imidazole rings is 1.